The van der Waals surface area contributed by atoms with Crippen LogP contribution in [-0.2, 0) is 9.59 Å². The Labute approximate surface area is 115 Å². The van der Waals surface area contributed by atoms with Crippen molar-refractivity contribution in [1.82, 2.24) is 10.6 Å². The molecule has 0 bridgehead atoms. The summed E-state index contributed by atoms with van der Waals surface area (Å²) in [4.78, 5) is 24.2. The van der Waals surface area contributed by atoms with Gasteiger partial charge in [-0.05, 0) is 46.5 Å². The van der Waals surface area contributed by atoms with Gasteiger partial charge in [0.1, 0.15) is 6.04 Å². The van der Waals surface area contributed by atoms with Crippen LogP contribution in [0.4, 0.5) is 0 Å². The minimum atomic E-state index is -0.536. The highest BCUT2D eigenvalue weighted by molar-refractivity contribution is 5.90. The summed E-state index contributed by atoms with van der Waals surface area (Å²) < 4.78 is 0. The van der Waals surface area contributed by atoms with E-state index < -0.39 is 11.5 Å². The summed E-state index contributed by atoms with van der Waals surface area (Å²) in [5.41, 5.74) is 4.96. The smallest absolute Gasteiger partial charge is 0.242 e. The highest BCUT2D eigenvalue weighted by Gasteiger charge is 2.47. The number of amides is 2. The molecule has 0 spiro atoms. The van der Waals surface area contributed by atoms with Crippen molar-refractivity contribution in [3.05, 3.63) is 0 Å². The van der Waals surface area contributed by atoms with E-state index in [1.165, 1.54) is 0 Å². The van der Waals surface area contributed by atoms with Crippen LogP contribution in [0.5, 0.6) is 0 Å². The third kappa shape index (κ3) is 3.93. The van der Waals surface area contributed by atoms with Gasteiger partial charge in [-0.15, -0.1) is 0 Å². The third-order valence-electron chi connectivity index (χ3n) is 3.59. The van der Waals surface area contributed by atoms with E-state index in [0.717, 1.165) is 12.8 Å². The van der Waals surface area contributed by atoms with Gasteiger partial charge >= 0.3 is 0 Å². The zero-order valence-corrected chi connectivity index (χ0v) is 12.7. The molecule has 19 heavy (non-hydrogen) atoms. The molecular weight excluding hydrogens is 242 g/mol. The molecule has 5 nitrogen and oxygen atoms in total. The van der Waals surface area contributed by atoms with Crippen LogP contribution in [0.2, 0.25) is 0 Å². The van der Waals surface area contributed by atoms with Crippen LogP contribution in [0.1, 0.15) is 47.5 Å². The lowest BCUT2D eigenvalue weighted by Crippen LogP contribution is -2.58. The van der Waals surface area contributed by atoms with E-state index in [1.807, 2.05) is 20.8 Å². The summed E-state index contributed by atoms with van der Waals surface area (Å²) in [6, 6.07) is -0.536. The first kappa shape index (κ1) is 16.0. The zero-order valence-electron chi connectivity index (χ0n) is 12.7. The zero-order chi connectivity index (χ0) is 14.8. The average molecular weight is 269 g/mol. The normalized spacial score (nSPS) is 28.2. The van der Waals surface area contributed by atoms with Crippen molar-refractivity contribution in [2.45, 2.75) is 59.0 Å². The lowest BCUT2D eigenvalue weighted by molar-refractivity contribution is -0.141. The van der Waals surface area contributed by atoms with Crippen LogP contribution in [0.25, 0.3) is 0 Å². The fourth-order valence-corrected chi connectivity index (χ4v) is 2.61. The number of nitrogens with two attached hydrogens (primary N) is 1. The predicted octanol–water partition coefficient (Wildman–Crippen LogP) is 0.781. The molecule has 0 aliphatic heterocycles. The Morgan fingerprint density at radius 1 is 1.37 bits per heavy atom. The highest BCUT2D eigenvalue weighted by Crippen LogP contribution is 2.44. The molecule has 4 N–H and O–H groups in total. The molecule has 1 aliphatic rings. The Kier molecular flexibility index (Phi) is 4.61. The molecule has 0 heterocycles. The first-order valence-electron chi connectivity index (χ1n) is 6.93. The average Bonchev–Trinajstić information content (AvgIpc) is 2.21. The van der Waals surface area contributed by atoms with Gasteiger partial charge in [0.2, 0.25) is 11.8 Å². The molecule has 1 fully saturated rings. The van der Waals surface area contributed by atoms with Gasteiger partial charge in [-0.1, -0.05) is 6.92 Å². The first-order valence-corrected chi connectivity index (χ1v) is 6.93. The largest absolute Gasteiger partial charge is 0.350 e. The quantitative estimate of drug-likeness (QED) is 0.705. The van der Waals surface area contributed by atoms with Crippen LogP contribution in [-0.4, -0.2) is 29.9 Å². The lowest BCUT2D eigenvalue weighted by atomic mass is 9.62. The summed E-state index contributed by atoms with van der Waals surface area (Å²) in [7, 11) is 0. The molecule has 110 valence electrons. The Balaban J connectivity index is 2.55. The standard InChI is InChI=1S/C14H27N3O2/c1-9-6-14(7-9,8-15)12(19)16-10(2)11(18)17-13(3,4)5/h9-10H,6-8,15H2,1-5H3,(H,16,19)(H,17,18). The van der Waals surface area contributed by atoms with Gasteiger partial charge < -0.3 is 16.4 Å². The Hall–Kier alpha value is -1.10. The number of hydrogen-bond acceptors (Lipinski definition) is 3. The van der Waals surface area contributed by atoms with Crippen molar-refractivity contribution in [1.29, 1.82) is 0 Å². The fourth-order valence-electron chi connectivity index (χ4n) is 2.61. The molecule has 1 atom stereocenters. The lowest BCUT2D eigenvalue weighted by Gasteiger charge is -2.44. The van der Waals surface area contributed by atoms with Gasteiger partial charge in [-0.25, -0.2) is 0 Å². The van der Waals surface area contributed by atoms with Crippen molar-refractivity contribution in [3.8, 4) is 0 Å². The number of hydrogen-bond donors (Lipinski definition) is 3. The maximum Gasteiger partial charge on any atom is 0.242 e. The molecule has 0 aromatic carbocycles. The van der Waals surface area contributed by atoms with Gasteiger partial charge in [0, 0.05) is 12.1 Å². The van der Waals surface area contributed by atoms with E-state index in [0.29, 0.717) is 12.5 Å². The van der Waals surface area contributed by atoms with Gasteiger partial charge in [0.15, 0.2) is 0 Å². The molecule has 5 heteroatoms. The molecule has 1 aliphatic carbocycles. The molecular formula is C14H27N3O2. The molecule has 0 radical (unpaired) electrons. The van der Waals surface area contributed by atoms with Gasteiger partial charge in [0.25, 0.3) is 0 Å². The number of carbonyl (C=O) groups excluding carboxylic acids is 2. The third-order valence-corrected chi connectivity index (χ3v) is 3.59. The highest BCUT2D eigenvalue weighted by atomic mass is 16.2. The van der Waals surface area contributed by atoms with Gasteiger partial charge in [0.05, 0.1) is 5.41 Å². The van der Waals surface area contributed by atoms with E-state index in [1.54, 1.807) is 6.92 Å². The van der Waals surface area contributed by atoms with Gasteiger partial charge in [-0.3, -0.25) is 9.59 Å². The Morgan fingerprint density at radius 3 is 2.26 bits per heavy atom. The second-order valence-electron chi connectivity index (χ2n) is 6.93. The van der Waals surface area contributed by atoms with Crippen molar-refractivity contribution < 1.29 is 9.59 Å². The predicted molar refractivity (Wildman–Crippen MR) is 75.4 cm³/mol. The van der Waals surface area contributed by atoms with E-state index >= 15 is 0 Å². The van der Waals surface area contributed by atoms with E-state index in [-0.39, 0.29) is 17.4 Å². The topological polar surface area (TPSA) is 84.2 Å². The van der Waals surface area contributed by atoms with Gasteiger partial charge in [-0.2, -0.15) is 0 Å². The number of carbonyl (C=O) groups is 2. The molecule has 0 saturated heterocycles. The van der Waals surface area contributed by atoms with Crippen molar-refractivity contribution in [3.63, 3.8) is 0 Å². The van der Waals surface area contributed by atoms with Crippen LogP contribution in [0, 0.1) is 11.3 Å². The minimum Gasteiger partial charge on any atom is -0.350 e. The summed E-state index contributed by atoms with van der Waals surface area (Å²) in [5.74, 6) is 0.276. The van der Waals surface area contributed by atoms with E-state index in [2.05, 4.69) is 17.6 Å². The molecule has 0 aromatic rings. The molecule has 1 saturated carbocycles. The molecule has 2 amide bonds. The Bertz CT molecular complexity index is 354. The van der Waals surface area contributed by atoms with Crippen molar-refractivity contribution in [2.75, 3.05) is 6.54 Å². The first-order chi connectivity index (χ1) is 8.59. The summed E-state index contributed by atoms with van der Waals surface area (Å²) in [6.45, 7) is 9.89. The molecule has 1 unspecified atom stereocenters. The summed E-state index contributed by atoms with van der Waals surface area (Å²) in [6.07, 6.45) is 1.62. The van der Waals surface area contributed by atoms with Crippen LogP contribution in [0.15, 0.2) is 0 Å². The Morgan fingerprint density at radius 2 is 1.89 bits per heavy atom. The SMILES string of the molecule is CC1CC(CN)(C(=O)NC(C)C(=O)NC(C)(C)C)C1. The van der Waals surface area contributed by atoms with E-state index in [4.69, 9.17) is 5.73 Å². The van der Waals surface area contributed by atoms with Crippen molar-refractivity contribution >= 4 is 11.8 Å². The van der Waals surface area contributed by atoms with Crippen LogP contribution >= 0.6 is 0 Å². The second-order valence-corrected chi connectivity index (χ2v) is 6.93. The molecule has 0 aromatic heterocycles. The second kappa shape index (κ2) is 5.49. The monoisotopic (exact) mass is 269 g/mol. The maximum atomic E-state index is 12.2. The van der Waals surface area contributed by atoms with Crippen molar-refractivity contribution in [2.24, 2.45) is 17.1 Å². The maximum absolute atomic E-state index is 12.2. The summed E-state index contributed by atoms with van der Waals surface area (Å²) >= 11 is 0. The number of nitrogens with one attached hydrogen (secondary N) is 2. The minimum absolute atomic E-state index is 0.0929. The molecule has 1 rings (SSSR count). The number of rotatable bonds is 4. The fraction of sp³-hybridized carbons (Fsp3) is 0.857. The summed E-state index contributed by atoms with van der Waals surface area (Å²) in [5, 5.41) is 5.64. The van der Waals surface area contributed by atoms with Crippen LogP contribution < -0.4 is 16.4 Å². The van der Waals surface area contributed by atoms with Crippen LogP contribution in [0.3, 0.4) is 0 Å². The van der Waals surface area contributed by atoms with E-state index in [9.17, 15) is 9.59 Å².